The molecule has 0 saturated carbocycles. The Kier molecular flexibility index (Phi) is 6.49. The van der Waals surface area contributed by atoms with Crippen LogP contribution in [0.4, 0.5) is 8.78 Å². The van der Waals surface area contributed by atoms with Crippen LogP contribution in [0, 0.1) is 11.6 Å². The minimum absolute atomic E-state index is 0.239. The van der Waals surface area contributed by atoms with E-state index >= 15 is 0 Å². The molecule has 0 bridgehead atoms. The van der Waals surface area contributed by atoms with Crippen molar-refractivity contribution in [1.82, 2.24) is 14.5 Å². The van der Waals surface area contributed by atoms with E-state index in [9.17, 15) is 13.6 Å². The maximum absolute atomic E-state index is 13.4. The van der Waals surface area contributed by atoms with Crippen molar-refractivity contribution in [3.63, 3.8) is 0 Å². The Morgan fingerprint density at radius 1 is 1.14 bits per heavy atom. The van der Waals surface area contributed by atoms with Gasteiger partial charge in [-0.15, -0.1) is 0 Å². The molecule has 0 atom stereocenters. The van der Waals surface area contributed by atoms with Gasteiger partial charge in [-0.05, 0) is 42.0 Å². The lowest BCUT2D eigenvalue weighted by Gasteiger charge is -2.23. The molecule has 3 aromatic rings. The Labute approximate surface area is 162 Å². The number of ether oxygens (including phenoxy) is 1. The van der Waals surface area contributed by atoms with Crippen LogP contribution in [0.1, 0.15) is 21.7 Å². The monoisotopic (exact) mass is 385 g/mol. The summed E-state index contributed by atoms with van der Waals surface area (Å²) < 4.78 is 33.6. The third kappa shape index (κ3) is 5.01. The summed E-state index contributed by atoms with van der Waals surface area (Å²) in [5.74, 6) is -0.272. The molecule has 3 rings (SSSR count). The van der Waals surface area contributed by atoms with Crippen molar-refractivity contribution in [1.29, 1.82) is 0 Å². The number of methoxy groups -OCH3 is 1. The highest BCUT2D eigenvalue weighted by Crippen LogP contribution is 2.13. The molecule has 28 heavy (non-hydrogen) atoms. The van der Waals surface area contributed by atoms with Crippen LogP contribution < -0.4 is 0 Å². The zero-order valence-electron chi connectivity index (χ0n) is 15.5. The maximum atomic E-state index is 13.4. The third-order valence-electron chi connectivity index (χ3n) is 4.32. The highest BCUT2D eigenvalue weighted by atomic mass is 19.1. The minimum atomic E-state index is -0.398. The van der Waals surface area contributed by atoms with Gasteiger partial charge in [-0.3, -0.25) is 4.79 Å². The molecule has 0 aliphatic rings. The van der Waals surface area contributed by atoms with Crippen molar-refractivity contribution in [2.75, 3.05) is 20.3 Å². The molecule has 5 nitrogen and oxygen atoms in total. The van der Waals surface area contributed by atoms with Gasteiger partial charge in [-0.1, -0.05) is 12.1 Å². The van der Waals surface area contributed by atoms with Crippen LogP contribution in [0.5, 0.6) is 0 Å². The zero-order chi connectivity index (χ0) is 19.9. The van der Waals surface area contributed by atoms with Crippen LogP contribution in [0.2, 0.25) is 0 Å². The van der Waals surface area contributed by atoms with Crippen molar-refractivity contribution >= 4 is 5.91 Å². The lowest BCUT2D eigenvalue weighted by molar-refractivity contribution is 0.0673. The minimum Gasteiger partial charge on any atom is -0.383 e. The Morgan fingerprint density at radius 2 is 1.93 bits per heavy atom. The smallest absolute Gasteiger partial charge is 0.254 e. The maximum Gasteiger partial charge on any atom is 0.254 e. The number of rotatable bonds is 8. The van der Waals surface area contributed by atoms with Crippen molar-refractivity contribution in [3.05, 3.63) is 89.5 Å². The molecule has 2 aromatic carbocycles. The molecule has 0 radical (unpaired) electrons. The predicted octanol–water partition coefficient (Wildman–Crippen LogP) is 3.50. The SMILES string of the molecule is COCCN(Cc1nccn1Cc1cccc(F)c1)C(=O)c1ccc(F)cc1. The van der Waals surface area contributed by atoms with Gasteiger partial charge in [0.2, 0.25) is 0 Å². The molecule has 0 aliphatic heterocycles. The van der Waals surface area contributed by atoms with E-state index in [1.54, 1.807) is 30.5 Å². The average molecular weight is 385 g/mol. The highest BCUT2D eigenvalue weighted by Gasteiger charge is 2.18. The van der Waals surface area contributed by atoms with Gasteiger partial charge in [0.25, 0.3) is 5.91 Å². The predicted molar refractivity (Wildman–Crippen MR) is 101 cm³/mol. The number of imidazole rings is 1. The number of benzene rings is 2. The second kappa shape index (κ2) is 9.23. The summed E-state index contributed by atoms with van der Waals surface area (Å²) in [6.07, 6.45) is 3.43. The molecule has 0 N–H and O–H groups in total. The molecule has 0 aliphatic carbocycles. The Balaban J connectivity index is 1.78. The second-order valence-electron chi connectivity index (χ2n) is 6.33. The summed E-state index contributed by atoms with van der Waals surface area (Å²) in [6, 6.07) is 11.8. The Hall–Kier alpha value is -3.06. The number of nitrogens with zero attached hydrogens (tertiary/aromatic N) is 3. The van der Waals surface area contributed by atoms with Crippen LogP contribution in [0.25, 0.3) is 0 Å². The summed E-state index contributed by atoms with van der Waals surface area (Å²) in [6.45, 7) is 1.41. The number of aromatic nitrogens is 2. The largest absolute Gasteiger partial charge is 0.383 e. The van der Waals surface area contributed by atoms with Crippen molar-refractivity contribution in [2.45, 2.75) is 13.1 Å². The molecule has 0 saturated heterocycles. The summed E-state index contributed by atoms with van der Waals surface area (Å²) in [5, 5.41) is 0. The first-order valence-corrected chi connectivity index (χ1v) is 8.85. The number of carbonyl (C=O) groups is 1. The van der Waals surface area contributed by atoms with Crippen molar-refractivity contribution in [3.8, 4) is 0 Å². The highest BCUT2D eigenvalue weighted by molar-refractivity contribution is 5.94. The molecule has 0 fully saturated rings. The molecule has 7 heteroatoms. The van der Waals surface area contributed by atoms with Gasteiger partial charge in [-0.2, -0.15) is 0 Å². The van der Waals surface area contributed by atoms with E-state index in [1.165, 1.54) is 36.4 Å². The van der Waals surface area contributed by atoms with E-state index in [4.69, 9.17) is 4.74 Å². The normalized spacial score (nSPS) is 10.8. The number of amides is 1. The van der Waals surface area contributed by atoms with E-state index < -0.39 is 5.82 Å². The van der Waals surface area contributed by atoms with Crippen molar-refractivity contribution in [2.24, 2.45) is 0 Å². The van der Waals surface area contributed by atoms with Crippen LogP contribution in [0.3, 0.4) is 0 Å². The number of halogens is 2. The molecule has 1 amide bonds. The molecular formula is C21H21F2N3O2. The topological polar surface area (TPSA) is 47.4 Å². The van der Waals surface area contributed by atoms with Gasteiger partial charge < -0.3 is 14.2 Å². The van der Waals surface area contributed by atoms with E-state index in [0.717, 1.165) is 5.56 Å². The Bertz CT molecular complexity index is 925. The molecule has 0 unspecified atom stereocenters. The summed E-state index contributed by atoms with van der Waals surface area (Å²) in [5.41, 5.74) is 1.19. The van der Waals surface area contributed by atoms with Gasteiger partial charge in [0.05, 0.1) is 13.2 Å². The first-order valence-electron chi connectivity index (χ1n) is 8.85. The van der Waals surface area contributed by atoms with Gasteiger partial charge in [0.1, 0.15) is 17.5 Å². The van der Waals surface area contributed by atoms with E-state index in [0.29, 0.717) is 31.1 Å². The molecule has 146 valence electrons. The van der Waals surface area contributed by atoms with Crippen LogP contribution in [0.15, 0.2) is 60.9 Å². The van der Waals surface area contributed by atoms with Gasteiger partial charge in [-0.25, -0.2) is 13.8 Å². The van der Waals surface area contributed by atoms with Crippen LogP contribution >= 0.6 is 0 Å². The fraction of sp³-hybridized carbons (Fsp3) is 0.238. The second-order valence-corrected chi connectivity index (χ2v) is 6.33. The van der Waals surface area contributed by atoms with Crippen molar-refractivity contribution < 1.29 is 18.3 Å². The standard InChI is InChI=1S/C21H21F2N3O2/c1-28-12-11-26(21(27)17-5-7-18(22)8-6-17)15-20-24-9-10-25(20)14-16-3-2-4-19(23)13-16/h2-10,13H,11-12,14-15H2,1H3. The number of hydrogen-bond acceptors (Lipinski definition) is 3. The molecule has 1 heterocycles. The zero-order valence-corrected chi connectivity index (χ0v) is 15.5. The first-order chi connectivity index (χ1) is 13.6. The van der Waals surface area contributed by atoms with Gasteiger partial charge in [0, 0.05) is 38.2 Å². The fourth-order valence-electron chi connectivity index (χ4n) is 2.87. The lowest BCUT2D eigenvalue weighted by Crippen LogP contribution is -2.34. The molecule has 1 aromatic heterocycles. The van der Waals surface area contributed by atoms with Gasteiger partial charge >= 0.3 is 0 Å². The summed E-state index contributed by atoms with van der Waals surface area (Å²) >= 11 is 0. The number of hydrogen-bond donors (Lipinski definition) is 0. The number of carbonyl (C=O) groups excluding carboxylic acids is 1. The van der Waals surface area contributed by atoms with E-state index in [1.807, 2.05) is 10.6 Å². The third-order valence-corrected chi connectivity index (χ3v) is 4.32. The average Bonchev–Trinajstić information content (AvgIpc) is 3.12. The van der Waals surface area contributed by atoms with Crippen LogP contribution in [-0.4, -0.2) is 40.6 Å². The summed E-state index contributed by atoms with van der Waals surface area (Å²) in [7, 11) is 1.56. The molecular weight excluding hydrogens is 364 g/mol. The first kappa shape index (κ1) is 19.7. The van der Waals surface area contributed by atoms with E-state index in [-0.39, 0.29) is 18.3 Å². The van der Waals surface area contributed by atoms with Gasteiger partial charge in [0.15, 0.2) is 0 Å². The lowest BCUT2D eigenvalue weighted by atomic mass is 10.2. The van der Waals surface area contributed by atoms with Crippen LogP contribution in [-0.2, 0) is 17.8 Å². The molecule has 0 spiro atoms. The quantitative estimate of drug-likeness (QED) is 0.596. The summed E-state index contributed by atoms with van der Waals surface area (Å²) in [4.78, 5) is 18.8. The fourth-order valence-corrected chi connectivity index (χ4v) is 2.87. The Morgan fingerprint density at radius 3 is 2.64 bits per heavy atom. The van der Waals surface area contributed by atoms with E-state index in [2.05, 4.69) is 4.98 Å².